The Kier molecular flexibility index (Phi) is 7.96. The molecule has 8 nitrogen and oxygen atoms in total. The summed E-state index contributed by atoms with van der Waals surface area (Å²) in [5.41, 5.74) is 0.863. The first kappa shape index (κ1) is 24.4. The maximum absolute atomic E-state index is 12.5. The van der Waals surface area contributed by atoms with Crippen molar-refractivity contribution in [3.05, 3.63) is 93.0 Å². The van der Waals surface area contributed by atoms with E-state index in [1.807, 2.05) is 6.92 Å². The number of benzene rings is 3. The summed E-state index contributed by atoms with van der Waals surface area (Å²) in [6.45, 7) is 1.60. The molecule has 0 aromatic heterocycles. The summed E-state index contributed by atoms with van der Waals surface area (Å²) in [4.78, 5) is 35.7. The third-order valence-electron chi connectivity index (χ3n) is 4.82. The molecular weight excluding hydrogens is 460 g/mol. The number of nitro benzene ring substituents is 1. The van der Waals surface area contributed by atoms with Gasteiger partial charge in [-0.15, -0.1) is 0 Å². The molecule has 0 radical (unpaired) electrons. The second-order valence-electron chi connectivity index (χ2n) is 7.28. The standard InChI is InChI=1S/C25H19ClN2O6/c1-16-7-10-23(20(26)13-16)34-18-8-9-21(28(31)32)24(14-18)33-12-11-22(29)19(15-27)25(30)17-5-3-2-4-6-17/h2-10,13-14,19H,11-12H2,1H3. The fraction of sp³-hybridized carbons (Fsp3) is 0.160. The summed E-state index contributed by atoms with van der Waals surface area (Å²) in [5.74, 6) is -2.26. The maximum atomic E-state index is 12.5. The van der Waals surface area contributed by atoms with E-state index in [1.54, 1.807) is 42.5 Å². The number of hydrogen-bond acceptors (Lipinski definition) is 7. The molecular formula is C25H19ClN2O6. The van der Waals surface area contributed by atoms with Gasteiger partial charge < -0.3 is 9.47 Å². The van der Waals surface area contributed by atoms with Crippen molar-refractivity contribution >= 4 is 28.9 Å². The van der Waals surface area contributed by atoms with Crippen LogP contribution in [0.15, 0.2) is 66.7 Å². The number of halogens is 1. The molecule has 3 aromatic rings. The largest absolute Gasteiger partial charge is 0.486 e. The van der Waals surface area contributed by atoms with Crippen molar-refractivity contribution in [2.75, 3.05) is 6.61 Å². The highest BCUT2D eigenvalue weighted by Gasteiger charge is 2.27. The van der Waals surface area contributed by atoms with E-state index in [0.29, 0.717) is 10.8 Å². The van der Waals surface area contributed by atoms with Gasteiger partial charge in [0.1, 0.15) is 11.5 Å². The highest BCUT2D eigenvalue weighted by atomic mass is 35.5. The molecule has 172 valence electrons. The number of nitro groups is 1. The first-order chi connectivity index (χ1) is 16.3. The quantitative estimate of drug-likeness (QED) is 0.158. The van der Waals surface area contributed by atoms with Crippen molar-refractivity contribution in [1.29, 1.82) is 5.26 Å². The Morgan fingerprint density at radius 2 is 1.82 bits per heavy atom. The number of nitrogens with zero attached hydrogens (tertiary/aromatic N) is 2. The molecule has 0 spiro atoms. The van der Waals surface area contributed by atoms with E-state index in [4.69, 9.17) is 21.1 Å². The van der Waals surface area contributed by atoms with Crippen LogP contribution in [0, 0.1) is 34.3 Å². The van der Waals surface area contributed by atoms with Gasteiger partial charge in [0.2, 0.25) is 5.75 Å². The van der Waals surface area contributed by atoms with Gasteiger partial charge in [0.25, 0.3) is 0 Å². The molecule has 3 aromatic carbocycles. The monoisotopic (exact) mass is 478 g/mol. The topological polar surface area (TPSA) is 120 Å². The van der Waals surface area contributed by atoms with Crippen molar-refractivity contribution in [2.24, 2.45) is 5.92 Å². The zero-order valence-corrected chi connectivity index (χ0v) is 18.8. The summed E-state index contributed by atoms with van der Waals surface area (Å²) in [6.07, 6.45) is -0.289. The zero-order chi connectivity index (χ0) is 24.7. The van der Waals surface area contributed by atoms with Gasteiger partial charge in [-0.3, -0.25) is 19.7 Å². The first-order valence-corrected chi connectivity index (χ1v) is 10.5. The molecule has 0 fully saturated rings. The van der Waals surface area contributed by atoms with Crippen molar-refractivity contribution in [1.82, 2.24) is 0 Å². The molecule has 0 aliphatic heterocycles. The second kappa shape index (κ2) is 11.1. The lowest BCUT2D eigenvalue weighted by atomic mass is 9.93. The van der Waals surface area contributed by atoms with Crippen LogP contribution in [0.3, 0.4) is 0 Å². The Morgan fingerprint density at radius 3 is 2.47 bits per heavy atom. The van der Waals surface area contributed by atoms with E-state index < -0.39 is 22.4 Å². The van der Waals surface area contributed by atoms with Gasteiger partial charge in [-0.1, -0.05) is 48.0 Å². The molecule has 1 unspecified atom stereocenters. The average Bonchev–Trinajstić information content (AvgIpc) is 2.82. The molecule has 0 heterocycles. The number of aryl methyl sites for hydroxylation is 1. The highest BCUT2D eigenvalue weighted by Crippen LogP contribution is 2.35. The van der Waals surface area contributed by atoms with E-state index in [1.165, 1.54) is 30.3 Å². The third kappa shape index (κ3) is 5.97. The smallest absolute Gasteiger partial charge is 0.311 e. The van der Waals surface area contributed by atoms with Gasteiger partial charge in [0, 0.05) is 24.1 Å². The van der Waals surface area contributed by atoms with E-state index in [-0.39, 0.29) is 35.8 Å². The molecule has 3 rings (SSSR count). The maximum Gasteiger partial charge on any atom is 0.311 e. The number of carbonyl (C=O) groups is 2. The number of ether oxygens (including phenoxy) is 2. The summed E-state index contributed by atoms with van der Waals surface area (Å²) in [5, 5.41) is 21.1. The Balaban J connectivity index is 1.70. The molecule has 0 amide bonds. The lowest BCUT2D eigenvalue weighted by Crippen LogP contribution is -2.24. The fourth-order valence-corrected chi connectivity index (χ4v) is 3.37. The summed E-state index contributed by atoms with van der Waals surface area (Å²) < 4.78 is 11.2. The van der Waals surface area contributed by atoms with E-state index in [0.717, 1.165) is 5.56 Å². The van der Waals surface area contributed by atoms with Gasteiger partial charge >= 0.3 is 5.69 Å². The minimum Gasteiger partial charge on any atom is -0.486 e. The minimum atomic E-state index is -1.49. The Hall–Kier alpha value is -4.22. The number of ketones is 2. The van der Waals surface area contributed by atoms with Crippen LogP contribution in [-0.4, -0.2) is 23.1 Å². The molecule has 0 aliphatic rings. The summed E-state index contributed by atoms with van der Waals surface area (Å²) in [6, 6.07) is 18.9. The minimum absolute atomic E-state index is 0.124. The van der Waals surface area contributed by atoms with Crippen molar-refractivity contribution in [2.45, 2.75) is 13.3 Å². The lowest BCUT2D eigenvalue weighted by molar-refractivity contribution is -0.385. The zero-order valence-electron chi connectivity index (χ0n) is 18.1. The van der Waals surface area contributed by atoms with Gasteiger partial charge in [-0.25, -0.2) is 0 Å². The molecule has 0 saturated carbocycles. The Bertz CT molecular complexity index is 1270. The van der Waals surface area contributed by atoms with Crippen molar-refractivity contribution in [3.8, 4) is 23.3 Å². The van der Waals surface area contributed by atoms with Gasteiger partial charge in [0.15, 0.2) is 17.5 Å². The Morgan fingerprint density at radius 1 is 1.09 bits per heavy atom. The van der Waals surface area contributed by atoms with Gasteiger partial charge in [-0.2, -0.15) is 5.26 Å². The number of rotatable bonds is 10. The average molecular weight is 479 g/mol. The predicted octanol–water partition coefficient (Wildman–Crippen LogP) is 5.71. The molecule has 9 heteroatoms. The number of hydrogen-bond donors (Lipinski definition) is 0. The van der Waals surface area contributed by atoms with E-state index in [2.05, 4.69) is 0 Å². The summed E-state index contributed by atoms with van der Waals surface area (Å²) in [7, 11) is 0. The molecule has 0 N–H and O–H groups in total. The van der Waals surface area contributed by atoms with Crippen LogP contribution in [0.25, 0.3) is 0 Å². The van der Waals surface area contributed by atoms with Crippen LogP contribution in [-0.2, 0) is 4.79 Å². The van der Waals surface area contributed by atoms with Crippen LogP contribution in [0.2, 0.25) is 5.02 Å². The molecule has 1 atom stereocenters. The number of nitriles is 1. The molecule has 0 saturated heterocycles. The second-order valence-corrected chi connectivity index (χ2v) is 7.69. The van der Waals surface area contributed by atoms with Crippen molar-refractivity contribution < 1.29 is 24.0 Å². The predicted molar refractivity (Wildman–Crippen MR) is 124 cm³/mol. The first-order valence-electron chi connectivity index (χ1n) is 10.2. The van der Waals surface area contributed by atoms with E-state index in [9.17, 15) is 25.0 Å². The van der Waals surface area contributed by atoms with E-state index >= 15 is 0 Å². The lowest BCUT2D eigenvalue weighted by Gasteiger charge is -2.12. The summed E-state index contributed by atoms with van der Waals surface area (Å²) >= 11 is 6.18. The van der Waals surface area contributed by atoms with Crippen LogP contribution in [0.4, 0.5) is 5.69 Å². The van der Waals surface area contributed by atoms with Crippen molar-refractivity contribution in [3.63, 3.8) is 0 Å². The van der Waals surface area contributed by atoms with Gasteiger partial charge in [0.05, 0.1) is 22.6 Å². The van der Waals surface area contributed by atoms with Crippen LogP contribution in [0.1, 0.15) is 22.3 Å². The fourth-order valence-electron chi connectivity index (χ4n) is 3.09. The number of Topliss-reactive ketones (excluding diaryl/α,β-unsaturated/α-hetero) is 2. The molecule has 0 aliphatic carbocycles. The molecule has 34 heavy (non-hydrogen) atoms. The SMILES string of the molecule is Cc1ccc(Oc2ccc([N+](=O)[O-])c(OCCC(=O)C(C#N)C(=O)c3ccccc3)c2)c(Cl)c1. The van der Waals surface area contributed by atoms with Gasteiger partial charge in [-0.05, 0) is 30.7 Å². The normalized spacial score (nSPS) is 11.2. The Labute approximate surface area is 200 Å². The van der Waals surface area contributed by atoms with Crippen LogP contribution < -0.4 is 9.47 Å². The number of carbonyl (C=O) groups excluding carboxylic acids is 2. The van der Waals surface area contributed by atoms with Crippen LogP contribution in [0.5, 0.6) is 17.2 Å². The van der Waals surface area contributed by atoms with Crippen LogP contribution >= 0.6 is 11.6 Å². The third-order valence-corrected chi connectivity index (χ3v) is 5.12. The molecule has 0 bridgehead atoms. The highest BCUT2D eigenvalue weighted by molar-refractivity contribution is 6.32.